The van der Waals surface area contributed by atoms with Crippen LogP contribution in [0.3, 0.4) is 0 Å². The minimum atomic E-state index is -4.60. The molecule has 0 spiro atoms. The van der Waals surface area contributed by atoms with Crippen LogP contribution in [0.25, 0.3) is 16.9 Å². The van der Waals surface area contributed by atoms with Crippen molar-refractivity contribution in [1.29, 1.82) is 0 Å². The molecule has 106 valence electrons. The number of fused-ring (bicyclic) bond motifs is 1. The molecule has 0 saturated carbocycles. The lowest BCUT2D eigenvalue weighted by Gasteiger charge is -2.13. The van der Waals surface area contributed by atoms with Crippen molar-refractivity contribution in [3.05, 3.63) is 46.1 Å². The molecule has 0 amide bonds. The summed E-state index contributed by atoms with van der Waals surface area (Å²) in [6, 6.07) is 3.57. The number of halogens is 3. The van der Waals surface area contributed by atoms with Crippen LogP contribution in [0.15, 0.2) is 34.0 Å². The van der Waals surface area contributed by atoms with Gasteiger partial charge in [-0.3, -0.25) is 4.79 Å². The van der Waals surface area contributed by atoms with E-state index in [1.807, 2.05) is 6.92 Å². The maximum absolute atomic E-state index is 12.6. The van der Waals surface area contributed by atoms with E-state index in [1.165, 1.54) is 6.07 Å². The number of anilines is 1. The highest BCUT2D eigenvalue weighted by Gasteiger charge is 2.33. The molecule has 1 aliphatic carbocycles. The SMILES string of the molecule is C=C(c1cc2oc(N)c(CC)cc-2c(=O)c1)C(F)(F)F. The van der Waals surface area contributed by atoms with Gasteiger partial charge in [0.15, 0.2) is 11.3 Å². The topological polar surface area (TPSA) is 56.2 Å². The first-order chi connectivity index (χ1) is 9.24. The summed E-state index contributed by atoms with van der Waals surface area (Å²) < 4.78 is 43.1. The average Bonchev–Trinajstić information content (AvgIpc) is 2.35. The molecule has 2 aliphatic rings. The molecule has 0 bridgehead atoms. The first kappa shape index (κ1) is 14.2. The summed E-state index contributed by atoms with van der Waals surface area (Å²) in [6.07, 6.45) is -4.04. The molecule has 0 unspecified atom stereocenters. The number of alkyl halides is 3. The number of hydrogen-bond donors (Lipinski definition) is 1. The molecule has 0 aromatic carbocycles. The fraction of sp³-hybridized carbons (Fsp3) is 0.214. The van der Waals surface area contributed by atoms with Gasteiger partial charge in [-0.25, -0.2) is 0 Å². The van der Waals surface area contributed by atoms with Gasteiger partial charge in [0.25, 0.3) is 0 Å². The Labute approximate surface area is 112 Å². The molecule has 1 heterocycles. The number of rotatable bonds is 2. The van der Waals surface area contributed by atoms with Crippen molar-refractivity contribution < 1.29 is 17.6 Å². The lowest BCUT2D eigenvalue weighted by atomic mass is 10.00. The molecule has 6 heteroatoms. The lowest BCUT2D eigenvalue weighted by molar-refractivity contribution is -0.0686. The Morgan fingerprint density at radius 1 is 1.35 bits per heavy atom. The van der Waals surface area contributed by atoms with Gasteiger partial charge in [-0.15, -0.1) is 0 Å². The summed E-state index contributed by atoms with van der Waals surface area (Å²) in [5.74, 6) is 0.113. The largest absolute Gasteiger partial charge is 0.441 e. The third-order valence-electron chi connectivity index (χ3n) is 3.03. The van der Waals surface area contributed by atoms with E-state index in [4.69, 9.17) is 10.2 Å². The van der Waals surface area contributed by atoms with Crippen LogP contribution in [0.5, 0.6) is 0 Å². The third kappa shape index (κ3) is 2.41. The average molecular weight is 283 g/mol. The summed E-state index contributed by atoms with van der Waals surface area (Å²) in [5, 5.41) is 0. The van der Waals surface area contributed by atoms with E-state index in [9.17, 15) is 18.0 Å². The van der Waals surface area contributed by atoms with Crippen LogP contribution >= 0.6 is 0 Å². The molecule has 3 nitrogen and oxygen atoms in total. The van der Waals surface area contributed by atoms with Crippen LogP contribution < -0.4 is 11.2 Å². The number of benzene rings is 1. The summed E-state index contributed by atoms with van der Waals surface area (Å²) in [6.45, 7) is 4.79. The molecule has 0 atom stereocenters. The fourth-order valence-corrected chi connectivity index (χ4v) is 1.87. The second-order valence-electron chi connectivity index (χ2n) is 4.35. The monoisotopic (exact) mass is 283 g/mol. The molecule has 0 aromatic heterocycles. The van der Waals surface area contributed by atoms with Gasteiger partial charge >= 0.3 is 6.18 Å². The van der Waals surface area contributed by atoms with Crippen LogP contribution in [0.1, 0.15) is 18.1 Å². The van der Waals surface area contributed by atoms with E-state index in [-0.39, 0.29) is 22.8 Å². The zero-order chi connectivity index (χ0) is 15.1. The van der Waals surface area contributed by atoms with Crippen molar-refractivity contribution in [1.82, 2.24) is 0 Å². The second kappa shape index (κ2) is 4.70. The molecule has 20 heavy (non-hydrogen) atoms. The Hall–Kier alpha value is -2.24. The van der Waals surface area contributed by atoms with E-state index in [0.29, 0.717) is 12.0 Å². The van der Waals surface area contributed by atoms with Crippen LogP contribution in [0, 0.1) is 0 Å². The Bertz CT molecular complexity index is 701. The lowest BCUT2D eigenvalue weighted by Crippen LogP contribution is -2.14. The predicted molar refractivity (Wildman–Crippen MR) is 70.5 cm³/mol. The summed E-state index contributed by atoms with van der Waals surface area (Å²) in [4.78, 5) is 11.9. The second-order valence-corrected chi connectivity index (χ2v) is 4.35. The molecule has 2 rings (SSSR count). The Balaban J connectivity index is 2.68. The Morgan fingerprint density at radius 2 is 2.00 bits per heavy atom. The first-order valence-corrected chi connectivity index (χ1v) is 5.86. The van der Waals surface area contributed by atoms with Crippen LogP contribution in [-0.2, 0) is 6.42 Å². The van der Waals surface area contributed by atoms with Gasteiger partial charge in [0, 0.05) is 5.56 Å². The molecule has 0 radical (unpaired) electrons. The van der Waals surface area contributed by atoms with Crippen LogP contribution in [-0.4, -0.2) is 6.18 Å². The number of allylic oxidation sites excluding steroid dienone is 1. The zero-order valence-electron chi connectivity index (χ0n) is 10.7. The zero-order valence-corrected chi connectivity index (χ0v) is 10.7. The highest BCUT2D eigenvalue weighted by atomic mass is 19.4. The van der Waals surface area contributed by atoms with Gasteiger partial charge in [0.05, 0.1) is 11.1 Å². The van der Waals surface area contributed by atoms with E-state index in [2.05, 4.69) is 6.58 Å². The van der Waals surface area contributed by atoms with Crippen molar-refractivity contribution in [2.45, 2.75) is 19.5 Å². The number of hydrogen-bond acceptors (Lipinski definition) is 3. The van der Waals surface area contributed by atoms with Crippen molar-refractivity contribution in [3.8, 4) is 11.3 Å². The summed E-state index contributed by atoms with van der Waals surface area (Å²) >= 11 is 0. The smallest absolute Gasteiger partial charge is 0.416 e. The predicted octanol–water partition coefficient (Wildman–Crippen LogP) is 3.46. The van der Waals surface area contributed by atoms with Crippen molar-refractivity contribution >= 4 is 11.5 Å². The molecule has 0 aromatic rings. The Morgan fingerprint density at radius 3 is 2.55 bits per heavy atom. The highest BCUT2D eigenvalue weighted by Crippen LogP contribution is 2.34. The normalized spacial score (nSPS) is 11.8. The minimum absolute atomic E-state index is 0.0209. The number of nitrogens with two attached hydrogens (primary N) is 1. The van der Waals surface area contributed by atoms with Gasteiger partial charge in [-0.2, -0.15) is 13.2 Å². The molecular weight excluding hydrogens is 271 g/mol. The van der Waals surface area contributed by atoms with Crippen LogP contribution in [0.4, 0.5) is 19.1 Å². The fourth-order valence-electron chi connectivity index (χ4n) is 1.87. The summed E-state index contributed by atoms with van der Waals surface area (Å²) in [5.41, 5.74) is 4.52. The number of aryl methyl sites for hydroxylation is 1. The quantitative estimate of drug-likeness (QED) is 0.918. The van der Waals surface area contributed by atoms with Crippen LogP contribution in [0.2, 0.25) is 0 Å². The minimum Gasteiger partial charge on any atom is -0.441 e. The van der Waals surface area contributed by atoms with Gasteiger partial charge in [0.1, 0.15) is 5.76 Å². The summed E-state index contributed by atoms with van der Waals surface area (Å²) in [7, 11) is 0. The van der Waals surface area contributed by atoms with Gasteiger partial charge < -0.3 is 10.2 Å². The van der Waals surface area contributed by atoms with Gasteiger partial charge in [-0.05, 0) is 30.2 Å². The Kier molecular flexibility index (Phi) is 3.33. The van der Waals surface area contributed by atoms with Gasteiger partial charge in [0.2, 0.25) is 0 Å². The van der Waals surface area contributed by atoms with Crippen molar-refractivity contribution in [3.63, 3.8) is 0 Å². The molecule has 2 N–H and O–H groups in total. The van der Waals surface area contributed by atoms with E-state index in [1.54, 1.807) is 0 Å². The standard InChI is InChI=1S/C14H12F3NO2/c1-3-8-4-10-11(19)5-9(7(2)14(15,16)17)6-12(10)20-13(8)18/h4-6H,2-3,18H2,1H3. The highest BCUT2D eigenvalue weighted by molar-refractivity contribution is 5.74. The van der Waals surface area contributed by atoms with E-state index in [0.717, 1.165) is 12.1 Å². The maximum Gasteiger partial charge on any atom is 0.416 e. The van der Waals surface area contributed by atoms with Gasteiger partial charge in [-0.1, -0.05) is 13.5 Å². The van der Waals surface area contributed by atoms with E-state index < -0.39 is 17.2 Å². The maximum atomic E-state index is 12.6. The molecular formula is C14H12F3NO2. The first-order valence-electron chi connectivity index (χ1n) is 5.86. The molecule has 0 fully saturated rings. The number of nitrogen functional groups attached to an aromatic ring is 1. The third-order valence-corrected chi connectivity index (χ3v) is 3.03. The molecule has 0 saturated heterocycles. The van der Waals surface area contributed by atoms with Crippen molar-refractivity contribution in [2.75, 3.05) is 5.73 Å². The van der Waals surface area contributed by atoms with Crippen molar-refractivity contribution in [2.24, 2.45) is 0 Å². The van der Waals surface area contributed by atoms with E-state index >= 15 is 0 Å². The molecule has 1 aliphatic heterocycles.